The summed E-state index contributed by atoms with van der Waals surface area (Å²) in [6.45, 7) is 32.3. The minimum Gasteiger partial charge on any atom is -0.468 e. The van der Waals surface area contributed by atoms with Gasteiger partial charge in [0.1, 0.15) is 10.8 Å². The molecular formula is C41H65NO6Si2. The molecule has 0 radical (unpaired) electrons. The van der Waals surface area contributed by atoms with E-state index in [1.807, 2.05) is 30.4 Å². The maximum atomic E-state index is 13.3. The molecular weight excluding hydrogens is 659 g/mol. The van der Waals surface area contributed by atoms with Gasteiger partial charge in [0.25, 0.3) is 0 Å². The van der Waals surface area contributed by atoms with Gasteiger partial charge in [-0.2, -0.15) is 0 Å². The first-order valence-electron chi connectivity index (χ1n) is 18.0. The van der Waals surface area contributed by atoms with Gasteiger partial charge >= 0.3 is 11.9 Å². The fourth-order valence-corrected chi connectivity index (χ4v) is 9.65. The molecule has 0 unspecified atom stereocenters. The van der Waals surface area contributed by atoms with Crippen molar-refractivity contribution in [2.24, 2.45) is 10.8 Å². The molecule has 0 aliphatic heterocycles. The molecule has 0 aromatic heterocycles. The number of allylic oxidation sites excluding steroid dienone is 2. The van der Waals surface area contributed by atoms with Gasteiger partial charge in [0.05, 0.1) is 25.4 Å². The third-order valence-electron chi connectivity index (χ3n) is 12.0. The Morgan fingerprint density at radius 2 is 1.10 bits per heavy atom. The smallest absolute Gasteiger partial charge is 0.315 e. The molecule has 0 spiro atoms. The zero-order valence-corrected chi connectivity index (χ0v) is 35.1. The monoisotopic (exact) mass is 723 g/mol. The summed E-state index contributed by atoms with van der Waals surface area (Å²) in [5, 5.41) is -0.00852. The number of benzene rings is 1. The van der Waals surface area contributed by atoms with E-state index < -0.39 is 38.7 Å². The van der Waals surface area contributed by atoms with E-state index in [2.05, 4.69) is 122 Å². The van der Waals surface area contributed by atoms with Gasteiger partial charge in [-0.1, -0.05) is 108 Å². The van der Waals surface area contributed by atoms with Crippen molar-refractivity contribution in [1.29, 1.82) is 0 Å². The lowest BCUT2D eigenvalue weighted by atomic mass is 9.96. The first-order chi connectivity index (χ1) is 23.1. The molecule has 1 aromatic rings. The van der Waals surface area contributed by atoms with Crippen LogP contribution in [0.3, 0.4) is 0 Å². The van der Waals surface area contributed by atoms with Crippen LogP contribution in [0.2, 0.25) is 36.3 Å². The predicted octanol–water partition coefficient (Wildman–Crippen LogP) is 9.40. The minimum atomic E-state index is -2.18. The average molecular weight is 724 g/mol. The fraction of sp³-hybridized carbons (Fsp3) is 0.610. The van der Waals surface area contributed by atoms with Crippen molar-refractivity contribution >= 4 is 28.6 Å². The Morgan fingerprint density at radius 1 is 0.720 bits per heavy atom. The molecule has 2 fully saturated rings. The first-order valence-corrected chi connectivity index (χ1v) is 23.8. The second-order valence-electron chi connectivity index (χ2n) is 17.4. The highest BCUT2D eigenvalue weighted by molar-refractivity contribution is 6.74. The third-order valence-corrected chi connectivity index (χ3v) is 21.0. The Balaban J connectivity index is 1.77. The van der Waals surface area contributed by atoms with Crippen molar-refractivity contribution in [3.05, 3.63) is 85.5 Å². The molecule has 50 heavy (non-hydrogen) atoms. The van der Waals surface area contributed by atoms with Gasteiger partial charge in [-0.3, -0.25) is 14.5 Å². The average Bonchev–Trinajstić information content (AvgIpc) is 3.90. The van der Waals surface area contributed by atoms with E-state index in [4.69, 9.17) is 18.3 Å². The van der Waals surface area contributed by atoms with Crippen molar-refractivity contribution in [3.8, 4) is 0 Å². The molecule has 0 heterocycles. The lowest BCUT2D eigenvalue weighted by Gasteiger charge is -2.40. The van der Waals surface area contributed by atoms with Crippen LogP contribution in [-0.4, -0.2) is 72.0 Å². The van der Waals surface area contributed by atoms with Gasteiger partial charge in [0, 0.05) is 19.6 Å². The Labute approximate surface area is 305 Å². The van der Waals surface area contributed by atoms with Gasteiger partial charge in [-0.25, -0.2) is 0 Å². The van der Waals surface area contributed by atoms with E-state index in [1.165, 1.54) is 19.8 Å². The maximum Gasteiger partial charge on any atom is 0.315 e. The molecule has 2 saturated carbocycles. The van der Waals surface area contributed by atoms with Gasteiger partial charge in [0.2, 0.25) is 0 Å². The maximum absolute atomic E-state index is 13.3. The predicted molar refractivity (Wildman–Crippen MR) is 210 cm³/mol. The summed E-state index contributed by atoms with van der Waals surface area (Å²) in [6, 6.07) is 10.4. The fourth-order valence-electron chi connectivity index (χ4n) is 6.51. The summed E-state index contributed by atoms with van der Waals surface area (Å²) in [5.74, 6) is -0.504. The van der Waals surface area contributed by atoms with E-state index in [9.17, 15) is 9.59 Å². The summed E-state index contributed by atoms with van der Waals surface area (Å²) in [5.41, 5.74) is -1.81. The Hall–Kier alpha value is -2.57. The van der Waals surface area contributed by atoms with E-state index in [0.717, 1.165) is 6.54 Å². The highest BCUT2D eigenvalue weighted by Crippen LogP contribution is 2.66. The van der Waals surface area contributed by atoms with E-state index >= 15 is 0 Å². The summed E-state index contributed by atoms with van der Waals surface area (Å²) in [6.07, 6.45) is 14.2. The highest BCUT2D eigenvalue weighted by atomic mass is 28.4. The van der Waals surface area contributed by atoms with Gasteiger partial charge in [-0.15, -0.1) is 13.2 Å². The Morgan fingerprint density at radius 3 is 1.42 bits per heavy atom. The Kier molecular flexibility index (Phi) is 12.7. The number of hydrogen-bond donors (Lipinski definition) is 0. The Bertz CT molecular complexity index is 1350. The summed E-state index contributed by atoms with van der Waals surface area (Å²) >= 11 is 0. The number of rotatable bonds is 18. The van der Waals surface area contributed by atoms with E-state index in [1.54, 1.807) is 0 Å². The second kappa shape index (κ2) is 15.2. The number of hydrogen-bond acceptors (Lipinski definition) is 7. The minimum absolute atomic E-state index is 0.00426. The van der Waals surface area contributed by atoms with Crippen molar-refractivity contribution in [3.63, 3.8) is 0 Å². The SMILES string of the molecule is C=C[C@@]1(O[Si](C)(C)C(C)(C)C)C[C@@]1(C/C=C/CN(C/C=C/C[C@@]1(C(=O)OC)C[C@@]1(C=C)O[Si](C)(C)C(C)(C)C)Cc1ccccc1)C(=O)OC. The quantitative estimate of drug-likeness (QED) is 0.0849. The second-order valence-corrected chi connectivity index (χ2v) is 26.9. The number of nitrogens with zero attached hydrogens (tertiary/aromatic N) is 1. The van der Waals surface area contributed by atoms with Crippen LogP contribution in [0.4, 0.5) is 0 Å². The summed E-state index contributed by atoms with van der Waals surface area (Å²) in [4.78, 5) is 28.9. The van der Waals surface area contributed by atoms with Gasteiger partial charge in [0.15, 0.2) is 16.6 Å². The van der Waals surface area contributed by atoms with Crippen LogP contribution < -0.4 is 0 Å². The molecule has 0 N–H and O–H groups in total. The van der Waals surface area contributed by atoms with Crippen LogP contribution in [0.5, 0.6) is 0 Å². The third kappa shape index (κ3) is 8.38. The zero-order chi connectivity index (χ0) is 37.9. The van der Waals surface area contributed by atoms with E-state index in [-0.39, 0.29) is 22.0 Å². The molecule has 0 saturated heterocycles. The van der Waals surface area contributed by atoms with Crippen LogP contribution >= 0.6 is 0 Å². The molecule has 0 bridgehead atoms. The van der Waals surface area contributed by atoms with Gasteiger partial charge < -0.3 is 18.3 Å². The van der Waals surface area contributed by atoms with E-state index in [0.29, 0.717) is 38.8 Å². The van der Waals surface area contributed by atoms with Crippen LogP contribution in [0.15, 0.2) is 79.9 Å². The molecule has 2 aliphatic carbocycles. The molecule has 278 valence electrons. The normalized spacial score (nSPS) is 27.1. The molecule has 9 heteroatoms. The molecule has 1 aromatic carbocycles. The number of ether oxygens (including phenoxy) is 2. The number of carbonyl (C=O) groups excluding carboxylic acids is 2. The van der Waals surface area contributed by atoms with Crippen molar-refractivity contribution in [2.75, 3.05) is 27.3 Å². The highest BCUT2D eigenvalue weighted by Gasteiger charge is 2.74. The van der Waals surface area contributed by atoms with Crippen molar-refractivity contribution in [2.45, 2.75) is 121 Å². The summed E-state index contributed by atoms with van der Waals surface area (Å²) < 4.78 is 24.4. The lowest BCUT2D eigenvalue weighted by molar-refractivity contribution is -0.150. The van der Waals surface area contributed by atoms with Crippen LogP contribution in [0.1, 0.15) is 72.8 Å². The molecule has 7 nitrogen and oxygen atoms in total. The first kappa shape index (κ1) is 41.9. The summed E-state index contributed by atoms with van der Waals surface area (Å²) in [7, 11) is -1.47. The number of carbonyl (C=O) groups is 2. The standard InChI is InChI=1S/C41H65NO6Si2/c1-15-40(47-49(11,12)36(3,4)5)31-38(40,34(43)45-9)26-20-22-28-42(30-33-24-18-17-19-25-33)29-23-21-27-39(35(44)46-10)32-41(39,16-2)48-50(13,14)37(6,7)8/h15-25H,1-2,26-32H2,3-14H3/b22-20+,23-21+/t38-,39-,40+,41+/m0/s1. The topological polar surface area (TPSA) is 74.3 Å². The van der Waals surface area contributed by atoms with Crippen LogP contribution in [0.25, 0.3) is 0 Å². The lowest BCUT2D eigenvalue weighted by Crippen LogP contribution is -2.46. The number of methoxy groups -OCH3 is 2. The molecule has 4 atom stereocenters. The largest absolute Gasteiger partial charge is 0.468 e. The molecule has 3 rings (SSSR count). The number of esters is 2. The van der Waals surface area contributed by atoms with Crippen LogP contribution in [0, 0.1) is 10.8 Å². The van der Waals surface area contributed by atoms with Crippen molar-refractivity contribution < 1.29 is 27.9 Å². The van der Waals surface area contributed by atoms with Gasteiger partial charge in [-0.05, 0) is 67.5 Å². The molecule has 0 amide bonds. The zero-order valence-electron chi connectivity index (χ0n) is 33.1. The van der Waals surface area contributed by atoms with Crippen LogP contribution in [-0.2, 0) is 34.5 Å². The van der Waals surface area contributed by atoms with Crippen molar-refractivity contribution in [1.82, 2.24) is 4.90 Å². The molecule has 2 aliphatic rings.